The molecule has 1 amide bonds. The first-order valence-corrected chi connectivity index (χ1v) is 6.46. The first-order chi connectivity index (χ1) is 8.48. The maximum atomic E-state index is 12.3. The minimum absolute atomic E-state index is 0.0707. The van der Waals surface area contributed by atoms with E-state index in [1.54, 1.807) is 0 Å². The van der Waals surface area contributed by atoms with E-state index in [4.69, 9.17) is 4.74 Å². The summed E-state index contributed by atoms with van der Waals surface area (Å²) in [5.74, 6) is 0.115. The number of morpholine rings is 1. The van der Waals surface area contributed by atoms with Gasteiger partial charge in [-0.2, -0.15) is 0 Å². The molecule has 0 spiro atoms. The van der Waals surface area contributed by atoms with Gasteiger partial charge in [0.05, 0.1) is 13.2 Å². The fraction of sp³-hybridized carbons (Fsp3) is 0.533. The van der Waals surface area contributed by atoms with Crippen LogP contribution in [-0.4, -0.2) is 37.1 Å². The van der Waals surface area contributed by atoms with Crippen LogP contribution < -0.4 is 0 Å². The standard InChI is InChI=1S/C15H21NO2/c1-15(2,3)13-6-4-5-12(11-13)14(17)16-7-9-18-10-8-16/h4-6,11H,7-10H2,1-3H3. The van der Waals surface area contributed by atoms with Crippen LogP contribution in [0.5, 0.6) is 0 Å². The zero-order valence-electron chi connectivity index (χ0n) is 11.4. The van der Waals surface area contributed by atoms with E-state index < -0.39 is 0 Å². The molecule has 3 nitrogen and oxygen atoms in total. The van der Waals surface area contributed by atoms with Gasteiger partial charge < -0.3 is 9.64 Å². The lowest BCUT2D eigenvalue weighted by Crippen LogP contribution is -2.40. The van der Waals surface area contributed by atoms with Crippen molar-refractivity contribution in [3.8, 4) is 0 Å². The number of benzene rings is 1. The van der Waals surface area contributed by atoms with Gasteiger partial charge in [0.25, 0.3) is 5.91 Å². The Morgan fingerprint density at radius 1 is 1.22 bits per heavy atom. The molecule has 0 saturated carbocycles. The molecule has 2 rings (SSSR count). The Bertz CT molecular complexity index is 428. The Morgan fingerprint density at radius 2 is 1.89 bits per heavy atom. The molecule has 1 aliphatic rings. The molecular weight excluding hydrogens is 226 g/mol. The van der Waals surface area contributed by atoms with E-state index >= 15 is 0 Å². The lowest BCUT2D eigenvalue weighted by Gasteiger charge is -2.27. The highest BCUT2D eigenvalue weighted by atomic mass is 16.5. The molecule has 0 aromatic heterocycles. The molecule has 0 radical (unpaired) electrons. The monoisotopic (exact) mass is 247 g/mol. The number of ether oxygens (including phenoxy) is 1. The zero-order valence-corrected chi connectivity index (χ0v) is 11.4. The highest BCUT2D eigenvalue weighted by Crippen LogP contribution is 2.23. The Labute approximate surface area is 109 Å². The molecular formula is C15H21NO2. The maximum Gasteiger partial charge on any atom is 0.254 e. The van der Waals surface area contributed by atoms with E-state index in [1.165, 1.54) is 5.56 Å². The number of hydrogen-bond donors (Lipinski definition) is 0. The van der Waals surface area contributed by atoms with Crippen molar-refractivity contribution in [2.24, 2.45) is 0 Å². The van der Waals surface area contributed by atoms with Crippen LogP contribution in [0.1, 0.15) is 36.7 Å². The first kappa shape index (κ1) is 13.1. The van der Waals surface area contributed by atoms with Crippen LogP contribution in [0.25, 0.3) is 0 Å². The predicted octanol–water partition coefficient (Wildman–Crippen LogP) is 2.46. The second-order valence-corrected chi connectivity index (χ2v) is 5.74. The summed E-state index contributed by atoms with van der Waals surface area (Å²) in [6.45, 7) is 9.15. The lowest BCUT2D eigenvalue weighted by molar-refractivity contribution is 0.0303. The third-order valence-electron chi connectivity index (χ3n) is 3.27. The second-order valence-electron chi connectivity index (χ2n) is 5.74. The van der Waals surface area contributed by atoms with Gasteiger partial charge in [-0.1, -0.05) is 32.9 Å². The molecule has 0 aliphatic carbocycles. The molecule has 1 aromatic rings. The maximum absolute atomic E-state index is 12.3. The first-order valence-electron chi connectivity index (χ1n) is 6.46. The topological polar surface area (TPSA) is 29.5 Å². The summed E-state index contributed by atoms with van der Waals surface area (Å²) in [5, 5.41) is 0. The molecule has 3 heteroatoms. The smallest absolute Gasteiger partial charge is 0.254 e. The minimum atomic E-state index is 0.0707. The van der Waals surface area contributed by atoms with Gasteiger partial charge >= 0.3 is 0 Å². The third kappa shape index (κ3) is 2.91. The van der Waals surface area contributed by atoms with Gasteiger partial charge in [0.1, 0.15) is 0 Å². The average Bonchev–Trinajstić information content (AvgIpc) is 2.38. The van der Waals surface area contributed by atoms with Crippen molar-refractivity contribution in [1.29, 1.82) is 0 Å². The Hall–Kier alpha value is -1.35. The van der Waals surface area contributed by atoms with Crippen molar-refractivity contribution in [3.63, 3.8) is 0 Å². The lowest BCUT2D eigenvalue weighted by atomic mass is 9.86. The molecule has 18 heavy (non-hydrogen) atoms. The van der Waals surface area contributed by atoms with Crippen LogP contribution in [0.2, 0.25) is 0 Å². The zero-order chi connectivity index (χ0) is 13.2. The summed E-state index contributed by atoms with van der Waals surface area (Å²) in [6, 6.07) is 7.95. The number of carbonyl (C=O) groups excluding carboxylic acids is 1. The predicted molar refractivity (Wildman–Crippen MR) is 71.9 cm³/mol. The van der Waals surface area contributed by atoms with Gasteiger partial charge in [0.2, 0.25) is 0 Å². The summed E-state index contributed by atoms with van der Waals surface area (Å²) in [4.78, 5) is 14.2. The molecule has 0 N–H and O–H groups in total. The van der Waals surface area contributed by atoms with Crippen LogP contribution in [0.15, 0.2) is 24.3 Å². The Kier molecular flexibility index (Phi) is 3.71. The number of nitrogens with zero attached hydrogens (tertiary/aromatic N) is 1. The molecule has 98 valence electrons. The average molecular weight is 247 g/mol. The van der Waals surface area contributed by atoms with Crippen molar-refractivity contribution >= 4 is 5.91 Å². The Morgan fingerprint density at radius 3 is 2.50 bits per heavy atom. The highest BCUT2D eigenvalue weighted by molar-refractivity contribution is 5.94. The van der Waals surface area contributed by atoms with Gasteiger partial charge in [-0.3, -0.25) is 4.79 Å². The SMILES string of the molecule is CC(C)(C)c1cccc(C(=O)N2CCOCC2)c1. The molecule has 0 unspecified atom stereocenters. The number of carbonyl (C=O) groups is 1. The summed E-state index contributed by atoms with van der Waals surface area (Å²) in [5.41, 5.74) is 2.05. The van der Waals surface area contributed by atoms with Gasteiger partial charge in [0, 0.05) is 18.7 Å². The van der Waals surface area contributed by atoms with Crippen LogP contribution in [0.3, 0.4) is 0 Å². The Balaban J connectivity index is 2.20. The highest BCUT2D eigenvalue weighted by Gasteiger charge is 2.20. The number of rotatable bonds is 1. The van der Waals surface area contributed by atoms with E-state index in [1.807, 2.05) is 23.1 Å². The van der Waals surface area contributed by atoms with E-state index in [0.717, 1.165) is 5.56 Å². The quantitative estimate of drug-likeness (QED) is 0.763. The van der Waals surface area contributed by atoms with E-state index in [0.29, 0.717) is 26.3 Å². The molecule has 1 fully saturated rings. The van der Waals surface area contributed by atoms with E-state index in [9.17, 15) is 4.79 Å². The fourth-order valence-corrected chi connectivity index (χ4v) is 2.07. The molecule has 1 saturated heterocycles. The van der Waals surface area contributed by atoms with Crippen LogP contribution in [-0.2, 0) is 10.2 Å². The van der Waals surface area contributed by atoms with Gasteiger partial charge in [-0.15, -0.1) is 0 Å². The van der Waals surface area contributed by atoms with Gasteiger partial charge in [-0.25, -0.2) is 0 Å². The van der Waals surface area contributed by atoms with Crippen molar-refractivity contribution in [2.45, 2.75) is 26.2 Å². The molecule has 1 aromatic carbocycles. The molecule has 1 heterocycles. The second kappa shape index (κ2) is 5.11. The van der Waals surface area contributed by atoms with E-state index in [-0.39, 0.29) is 11.3 Å². The number of hydrogen-bond acceptors (Lipinski definition) is 2. The third-order valence-corrected chi connectivity index (χ3v) is 3.27. The van der Waals surface area contributed by atoms with E-state index in [2.05, 4.69) is 26.8 Å². The van der Waals surface area contributed by atoms with Crippen LogP contribution >= 0.6 is 0 Å². The van der Waals surface area contributed by atoms with Crippen LogP contribution in [0.4, 0.5) is 0 Å². The molecule has 0 atom stereocenters. The summed E-state index contributed by atoms with van der Waals surface area (Å²) in [6.07, 6.45) is 0. The summed E-state index contributed by atoms with van der Waals surface area (Å²) < 4.78 is 5.27. The van der Waals surface area contributed by atoms with Crippen molar-refractivity contribution in [2.75, 3.05) is 26.3 Å². The van der Waals surface area contributed by atoms with Crippen molar-refractivity contribution in [3.05, 3.63) is 35.4 Å². The minimum Gasteiger partial charge on any atom is -0.378 e. The summed E-state index contributed by atoms with van der Waals surface area (Å²) >= 11 is 0. The molecule has 1 aliphatic heterocycles. The summed E-state index contributed by atoms with van der Waals surface area (Å²) in [7, 11) is 0. The van der Waals surface area contributed by atoms with Crippen molar-refractivity contribution < 1.29 is 9.53 Å². The fourth-order valence-electron chi connectivity index (χ4n) is 2.07. The number of amides is 1. The largest absolute Gasteiger partial charge is 0.378 e. The van der Waals surface area contributed by atoms with Gasteiger partial charge in [0.15, 0.2) is 0 Å². The normalized spacial score (nSPS) is 16.7. The van der Waals surface area contributed by atoms with Crippen LogP contribution in [0, 0.1) is 0 Å². The molecule has 0 bridgehead atoms. The van der Waals surface area contributed by atoms with Gasteiger partial charge in [-0.05, 0) is 23.1 Å². The van der Waals surface area contributed by atoms with Crippen molar-refractivity contribution in [1.82, 2.24) is 4.90 Å².